The molecule has 1 unspecified atom stereocenters. The number of carbonyl (C=O) groups excluding carboxylic acids is 1. The van der Waals surface area contributed by atoms with Gasteiger partial charge in [-0.05, 0) is 25.3 Å². The van der Waals surface area contributed by atoms with Gasteiger partial charge in [0.05, 0.1) is 11.8 Å². The number of pyridine rings is 1. The van der Waals surface area contributed by atoms with Crippen molar-refractivity contribution in [1.29, 1.82) is 0 Å². The molecule has 0 spiro atoms. The average Bonchev–Trinajstić information content (AvgIpc) is 2.62. The molecular weight excluding hydrogens is 228 g/mol. The van der Waals surface area contributed by atoms with Gasteiger partial charge in [0.1, 0.15) is 5.75 Å². The lowest BCUT2D eigenvalue weighted by atomic mass is 10.1. The van der Waals surface area contributed by atoms with Gasteiger partial charge in [0.25, 0.3) is 5.91 Å². The zero-order chi connectivity index (χ0) is 13.0. The van der Waals surface area contributed by atoms with Crippen LogP contribution in [-0.2, 0) is 0 Å². The molecule has 1 saturated heterocycles. The Labute approximate surface area is 108 Å². The predicted molar refractivity (Wildman–Crippen MR) is 69.5 cm³/mol. The molecule has 1 fully saturated rings. The molecule has 2 heterocycles. The third-order valence-electron chi connectivity index (χ3n) is 3.58. The van der Waals surface area contributed by atoms with E-state index in [1.165, 1.54) is 31.3 Å². The summed E-state index contributed by atoms with van der Waals surface area (Å²) in [5.41, 5.74) is 0.482. The zero-order valence-electron chi connectivity index (χ0n) is 10.8. The van der Waals surface area contributed by atoms with Crippen LogP contribution in [0.3, 0.4) is 0 Å². The number of likely N-dealkylation sites (tertiary alicyclic amines) is 1. The van der Waals surface area contributed by atoms with Crippen LogP contribution in [0.1, 0.15) is 49.4 Å². The molecule has 1 aromatic rings. The van der Waals surface area contributed by atoms with Crippen molar-refractivity contribution < 1.29 is 9.90 Å². The highest BCUT2D eigenvalue weighted by Crippen LogP contribution is 2.22. The first-order valence-corrected chi connectivity index (χ1v) is 6.67. The first-order valence-electron chi connectivity index (χ1n) is 6.67. The van der Waals surface area contributed by atoms with E-state index in [2.05, 4.69) is 11.9 Å². The molecule has 1 aliphatic rings. The highest BCUT2D eigenvalue weighted by Gasteiger charge is 2.25. The summed E-state index contributed by atoms with van der Waals surface area (Å²) in [5.74, 6) is 0.0378. The van der Waals surface area contributed by atoms with E-state index >= 15 is 0 Å². The lowest BCUT2D eigenvalue weighted by Crippen LogP contribution is -2.39. The van der Waals surface area contributed by atoms with Crippen molar-refractivity contribution in [3.05, 3.63) is 24.0 Å². The molecule has 1 amide bonds. The standard InChI is InChI=1S/C14H20N2O2/c1-2-12-6-4-3-5-7-16(12)14(18)11-8-13(17)10-15-9-11/h8-10,12,17H,2-7H2,1H3. The fourth-order valence-corrected chi connectivity index (χ4v) is 2.58. The zero-order valence-corrected chi connectivity index (χ0v) is 10.8. The molecular formula is C14H20N2O2. The summed E-state index contributed by atoms with van der Waals surface area (Å²) in [5, 5.41) is 9.41. The van der Waals surface area contributed by atoms with Crippen molar-refractivity contribution in [1.82, 2.24) is 9.88 Å². The van der Waals surface area contributed by atoms with Crippen molar-refractivity contribution >= 4 is 5.91 Å². The fraction of sp³-hybridized carbons (Fsp3) is 0.571. The van der Waals surface area contributed by atoms with Crippen LogP contribution in [0.2, 0.25) is 0 Å². The number of hydrogen-bond acceptors (Lipinski definition) is 3. The summed E-state index contributed by atoms with van der Waals surface area (Å²) < 4.78 is 0. The van der Waals surface area contributed by atoms with Gasteiger partial charge in [0.2, 0.25) is 0 Å². The Balaban J connectivity index is 2.19. The monoisotopic (exact) mass is 248 g/mol. The van der Waals surface area contributed by atoms with Crippen LogP contribution in [-0.4, -0.2) is 33.5 Å². The molecule has 0 aromatic carbocycles. The van der Waals surface area contributed by atoms with Crippen LogP contribution >= 0.6 is 0 Å². The van der Waals surface area contributed by atoms with E-state index in [1.807, 2.05) is 4.90 Å². The van der Waals surface area contributed by atoms with Gasteiger partial charge in [0, 0.05) is 18.8 Å². The maximum Gasteiger partial charge on any atom is 0.255 e. The van der Waals surface area contributed by atoms with Crippen LogP contribution in [0.5, 0.6) is 5.75 Å². The first kappa shape index (κ1) is 12.9. The van der Waals surface area contributed by atoms with Crippen LogP contribution in [0.25, 0.3) is 0 Å². The largest absolute Gasteiger partial charge is 0.506 e. The van der Waals surface area contributed by atoms with Crippen molar-refractivity contribution in [2.75, 3.05) is 6.54 Å². The first-order chi connectivity index (χ1) is 8.72. The molecule has 1 aromatic heterocycles. The van der Waals surface area contributed by atoms with Crippen molar-refractivity contribution in [2.24, 2.45) is 0 Å². The molecule has 1 atom stereocenters. The van der Waals surface area contributed by atoms with Gasteiger partial charge in [-0.25, -0.2) is 0 Å². The second-order valence-electron chi connectivity index (χ2n) is 4.84. The van der Waals surface area contributed by atoms with Crippen molar-refractivity contribution in [3.63, 3.8) is 0 Å². The number of hydrogen-bond donors (Lipinski definition) is 1. The van der Waals surface area contributed by atoms with Crippen molar-refractivity contribution in [2.45, 2.75) is 45.1 Å². The Kier molecular flexibility index (Phi) is 4.18. The average molecular weight is 248 g/mol. The summed E-state index contributed by atoms with van der Waals surface area (Å²) in [6.07, 6.45) is 8.39. The summed E-state index contributed by atoms with van der Waals surface area (Å²) in [7, 11) is 0. The number of aromatic nitrogens is 1. The quantitative estimate of drug-likeness (QED) is 0.875. The Bertz CT molecular complexity index is 420. The number of rotatable bonds is 2. The third-order valence-corrected chi connectivity index (χ3v) is 3.58. The molecule has 0 aliphatic carbocycles. The molecule has 4 heteroatoms. The highest BCUT2D eigenvalue weighted by atomic mass is 16.3. The van der Waals surface area contributed by atoms with E-state index < -0.39 is 0 Å². The van der Waals surface area contributed by atoms with Gasteiger partial charge < -0.3 is 10.0 Å². The molecule has 1 N–H and O–H groups in total. The van der Waals surface area contributed by atoms with Crippen molar-refractivity contribution in [3.8, 4) is 5.75 Å². The predicted octanol–water partition coefficient (Wildman–Crippen LogP) is 2.58. The Morgan fingerprint density at radius 2 is 2.28 bits per heavy atom. The second kappa shape index (κ2) is 5.85. The summed E-state index contributed by atoms with van der Waals surface area (Å²) in [6, 6.07) is 1.81. The minimum Gasteiger partial charge on any atom is -0.506 e. The Hall–Kier alpha value is -1.58. The van der Waals surface area contributed by atoms with Crippen LogP contribution in [0.15, 0.2) is 18.5 Å². The summed E-state index contributed by atoms with van der Waals surface area (Å²) >= 11 is 0. The molecule has 0 radical (unpaired) electrons. The highest BCUT2D eigenvalue weighted by molar-refractivity contribution is 5.94. The fourth-order valence-electron chi connectivity index (χ4n) is 2.58. The molecule has 0 saturated carbocycles. The van der Waals surface area contributed by atoms with E-state index in [0.29, 0.717) is 11.6 Å². The van der Waals surface area contributed by atoms with Gasteiger partial charge in [-0.15, -0.1) is 0 Å². The number of carbonyl (C=O) groups is 1. The molecule has 4 nitrogen and oxygen atoms in total. The van der Waals surface area contributed by atoms with E-state index in [-0.39, 0.29) is 11.7 Å². The molecule has 98 valence electrons. The lowest BCUT2D eigenvalue weighted by molar-refractivity contribution is 0.0677. The maximum atomic E-state index is 12.4. The van der Waals surface area contributed by atoms with E-state index in [0.717, 1.165) is 25.8 Å². The minimum absolute atomic E-state index is 0.00727. The number of nitrogens with zero attached hydrogens (tertiary/aromatic N) is 2. The molecule has 0 bridgehead atoms. The lowest BCUT2D eigenvalue weighted by Gasteiger charge is -2.29. The van der Waals surface area contributed by atoms with Gasteiger partial charge in [0.15, 0.2) is 0 Å². The van der Waals surface area contributed by atoms with E-state index in [1.54, 1.807) is 0 Å². The maximum absolute atomic E-state index is 12.4. The van der Waals surface area contributed by atoms with E-state index in [4.69, 9.17) is 0 Å². The summed E-state index contributed by atoms with van der Waals surface area (Å²) in [4.78, 5) is 18.3. The minimum atomic E-state index is -0.00727. The van der Waals surface area contributed by atoms with Crippen LogP contribution in [0, 0.1) is 0 Å². The molecule has 2 rings (SSSR count). The second-order valence-corrected chi connectivity index (χ2v) is 4.84. The normalized spacial score (nSPS) is 20.5. The van der Waals surface area contributed by atoms with Gasteiger partial charge >= 0.3 is 0 Å². The Morgan fingerprint density at radius 3 is 3.00 bits per heavy atom. The van der Waals surface area contributed by atoms with E-state index in [9.17, 15) is 9.90 Å². The summed E-state index contributed by atoms with van der Waals surface area (Å²) in [6.45, 7) is 2.93. The smallest absolute Gasteiger partial charge is 0.255 e. The van der Waals surface area contributed by atoms with Crippen LogP contribution in [0.4, 0.5) is 0 Å². The molecule has 1 aliphatic heterocycles. The number of amides is 1. The SMILES string of the molecule is CCC1CCCCCN1C(=O)c1cncc(O)c1. The van der Waals surface area contributed by atoms with Gasteiger partial charge in [-0.2, -0.15) is 0 Å². The third kappa shape index (κ3) is 2.81. The van der Waals surface area contributed by atoms with Gasteiger partial charge in [-0.3, -0.25) is 9.78 Å². The van der Waals surface area contributed by atoms with Gasteiger partial charge in [-0.1, -0.05) is 19.8 Å². The molecule has 18 heavy (non-hydrogen) atoms. The number of aromatic hydroxyl groups is 1. The van der Waals surface area contributed by atoms with Crippen LogP contribution < -0.4 is 0 Å². The Morgan fingerprint density at radius 1 is 1.44 bits per heavy atom. The topological polar surface area (TPSA) is 53.4 Å².